The van der Waals surface area contributed by atoms with E-state index in [2.05, 4.69) is 0 Å². The molecule has 2 rings (SSSR count). The van der Waals surface area contributed by atoms with Gasteiger partial charge in [0.2, 0.25) is 0 Å². The van der Waals surface area contributed by atoms with Gasteiger partial charge in [0.05, 0.1) is 5.60 Å². The molecule has 1 fully saturated rings. The van der Waals surface area contributed by atoms with Crippen molar-refractivity contribution in [1.29, 1.82) is 0 Å². The van der Waals surface area contributed by atoms with Crippen molar-refractivity contribution in [1.82, 2.24) is 0 Å². The minimum Gasteiger partial charge on any atom is -0.390 e. The average molecular weight is 231 g/mol. The lowest BCUT2D eigenvalue weighted by molar-refractivity contribution is 0.140. The maximum atomic E-state index is 9.66. The second-order valence-electron chi connectivity index (χ2n) is 4.00. The number of hydrogen-bond acceptors (Lipinski definition) is 1. The van der Waals surface area contributed by atoms with Gasteiger partial charge in [0.15, 0.2) is 0 Å². The third-order valence-electron chi connectivity index (χ3n) is 2.63. The fourth-order valence-corrected chi connectivity index (χ4v) is 2.10. The average Bonchev–Trinajstić information content (AvgIpc) is 2.80. The van der Waals surface area contributed by atoms with E-state index in [4.69, 9.17) is 23.2 Å². The molecule has 1 nitrogen and oxygen atoms in total. The molecule has 0 radical (unpaired) electrons. The standard InChI is InChI=1S/C11H12Cl2O/c12-9-5-8(6-10(13)7-9)1-2-11(14)3-4-11/h5-7,14H,1-4H2. The quantitative estimate of drug-likeness (QED) is 0.844. The zero-order chi connectivity index (χ0) is 10.2. The lowest BCUT2D eigenvalue weighted by Gasteiger charge is -2.07. The van der Waals surface area contributed by atoms with E-state index in [1.165, 1.54) is 0 Å². The molecule has 1 aliphatic carbocycles. The van der Waals surface area contributed by atoms with E-state index < -0.39 is 5.60 Å². The largest absolute Gasteiger partial charge is 0.390 e. The molecule has 1 aromatic rings. The van der Waals surface area contributed by atoms with E-state index >= 15 is 0 Å². The Hall–Kier alpha value is -0.240. The molecule has 1 aliphatic rings. The Morgan fingerprint density at radius 2 is 1.71 bits per heavy atom. The van der Waals surface area contributed by atoms with E-state index in [0.29, 0.717) is 10.0 Å². The van der Waals surface area contributed by atoms with Gasteiger partial charge in [-0.25, -0.2) is 0 Å². The lowest BCUT2D eigenvalue weighted by atomic mass is 10.1. The smallest absolute Gasteiger partial charge is 0.0653 e. The Morgan fingerprint density at radius 1 is 1.14 bits per heavy atom. The molecule has 0 atom stereocenters. The highest BCUT2D eigenvalue weighted by molar-refractivity contribution is 6.34. The first-order chi connectivity index (χ1) is 6.57. The third-order valence-corrected chi connectivity index (χ3v) is 3.06. The van der Waals surface area contributed by atoms with E-state index in [1.54, 1.807) is 6.07 Å². The minimum absolute atomic E-state index is 0.394. The SMILES string of the molecule is OC1(CCc2cc(Cl)cc(Cl)c2)CC1. The van der Waals surface area contributed by atoms with Crippen LogP contribution in [0.3, 0.4) is 0 Å². The van der Waals surface area contributed by atoms with Crippen LogP contribution in [0.4, 0.5) is 0 Å². The van der Waals surface area contributed by atoms with Crippen LogP contribution in [0.15, 0.2) is 18.2 Å². The highest BCUT2D eigenvalue weighted by atomic mass is 35.5. The molecule has 0 saturated heterocycles. The topological polar surface area (TPSA) is 20.2 Å². The fourth-order valence-electron chi connectivity index (χ4n) is 1.53. The normalized spacial score (nSPS) is 18.2. The second kappa shape index (κ2) is 3.73. The Bertz CT molecular complexity index is 325. The van der Waals surface area contributed by atoms with Crippen LogP contribution in [0.25, 0.3) is 0 Å². The van der Waals surface area contributed by atoms with Crippen molar-refractivity contribution in [2.24, 2.45) is 0 Å². The number of halogens is 2. The van der Waals surface area contributed by atoms with Crippen LogP contribution in [-0.4, -0.2) is 10.7 Å². The minimum atomic E-state index is -0.394. The summed E-state index contributed by atoms with van der Waals surface area (Å²) in [5, 5.41) is 11.0. The van der Waals surface area contributed by atoms with Crippen molar-refractivity contribution in [2.45, 2.75) is 31.3 Å². The number of aliphatic hydroxyl groups is 1. The molecule has 1 aromatic carbocycles. The Morgan fingerprint density at radius 3 is 2.21 bits per heavy atom. The van der Waals surface area contributed by atoms with Crippen molar-refractivity contribution in [2.75, 3.05) is 0 Å². The summed E-state index contributed by atoms with van der Waals surface area (Å²) in [6.45, 7) is 0. The zero-order valence-electron chi connectivity index (χ0n) is 7.76. The molecule has 0 heterocycles. The first-order valence-corrected chi connectivity index (χ1v) is 5.50. The van der Waals surface area contributed by atoms with E-state index in [9.17, 15) is 5.11 Å². The van der Waals surface area contributed by atoms with Crippen molar-refractivity contribution in [3.63, 3.8) is 0 Å². The van der Waals surface area contributed by atoms with Crippen LogP contribution in [0.5, 0.6) is 0 Å². The number of benzene rings is 1. The zero-order valence-corrected chi connectivity index (χ0v) is 9.28. The molecule has 0 spiro atoms. The van der Waals surface area contributed by atoms with E-state index in [-0.39, 0.29) is 0 Å². The van der Waals surface area contributed by atoms with Gasteiger partial charge in [-0.2, -0.15) is 0 Å². The molecule has 76 valence electrons. The van der Waals surface area contributed by atoms with Crippen LogP contribution in [0.1, 0.15) is 24.8 Å². The second-order valence-corrected chi connectivity index (χ2v) is 4.87. The fraction of sp³-hybridized carbons (Fsp3) is 0.455. The Kier molecular flexibility index (Phi) is 2.74. The van der Waals surface area contributed by atoms with Gasteiger partial charge >= 0.3 is 0 Å². The highest BCUT2D eigenvalue weighted by Crippen LogP contribution is 2.39. The van der Waals surface area contributed by atoms with Gasteiger partial charge in [-0.3, -0.25) is 0 Å². The molecular weight excluding hydrogens is 219 g/mol. The molecular formula is C11H12Cl2O. The van der Waals surface area contributed by atoms with Gasteiger partial charge in [-0.15, -0.1) is 0 Å². The molecule has 14 heavy (non-hydrogen) atoms. The molecule has 1 saturated carbocycles. The summed E-state index contributed by atoms with van der Waals surface area (Å²) in [5.41, 5.74) is 0.706. The molecule has 3 heteroatoms. The maximum absolute atomic E-state index is 9.66. The third kappa shape index (κ3) is 2.63. The van der Waals surface area contributed by atoms with Gasteiger partial charge in [0.25, 0.3) is 0 Å². The lowest BCUT2D eigenvalue weighted by Crippen LogP contribution is -2.07. The van der Waals surface area contributed by atoms with Crippen molar-refractivity contribution < 1.29 is 5.11 Å². The van der Waals surface area contributed by atoms with Crippen LogP contribution < -0.4 is 0 Å². The van der Waals surface area contributed by atoms with Gasteiger partial charge in [-0.05, 0) is 49.4 Å². The first-order valence-electron chi connectivity index (χ1n) is 4.75. The predicted molar refractivity (Wildman–Crippen MR) is 59.0 cm³/mol. The number of hydrogen-bond donors (Lipinski definition) is 1. The molecule has 0 unspecified atom stereocenters. The van der Waals surface area contributed by atoms with E-state index in [0.717, 1.165) is 31.2 Å². The van der Waals surface area contributed by atoms with Crippen molar-refractivity contribution >= 4 is 23.2 Å². The summed E-state index contributed by atoms with van der Waals surface area (Å²) >= 11 is 11.7. The van der Waals surface area contributed by atoms with Crippen LogP contribution >= 0.6 is 23.2 Å². The molecule has 1 N–H and O–H groups in total. The van der Waals surface area contributed by atoms with Crippen molar-refractivity contribution in [3.05, 3.63) is 33.8 Å². The number of aryl methyl sites for hydroxylation is 1. The molecule has 0 aliphatic heterocycles. The van der Waals surface area contributed by atoms with Crippen LogP contribution in [0, 0.1) is 0 Å². The van der Waals surface area contributed by atoms with Gasteiger partial charge < -0.3 is 5.11 Å². The first kappa shape index (κ1) is 10.3. The summed E-state index contributed by atoms with van der Waals surface area (Å²) in [4.78, 5) is 0. The summed E-state index contributed by atoms with van der Waals surface area (Å²) in [5.74, 6) is 0. The maximum Gasteiger partial charge on any atom is 0.0653 e. The summed E-state index contributed by atoms with van der Waals surface area (Å²) in [6, 6.07) is 5.52. The summed E-state index contributed by atoms with van der Waals surface area (Å²) in [7, 11) is 0. The summed E-state index contributed by atoms with van der Waals surface area (Å²) < 4.78 is 0. The van der Waals surface area contributed by atoms with E-state index in [1.807, 2.05) is 12.1 Å². The van der Waals surface area contributed by atoms with Gasteiger partial charge in [-0.1, -0.05) is 23.2 Å². The number of rotatable bonds is 3. The Labute approximate surface area is 93.7 Å². The monoisotopic (exact) mass is 230 g/mol. The molecule has 0 bridgehead atoms. The van der Waals surface area contributed by atoms with Crippen LogP contribution in [0.2, 0.25) is 10.0 Å². The van der Waals surface area contributed by atoms with Crippen LogP contribution in [-0.2, 0) is 6.42 Å². The highest BCUT2D eigenvalue weighted by Gasteiger charge is 2.39. The van der Waals surface area contributed by atoms with Gasteiger partial charge in [0.1, 0.15) is 0 Å². The molecule has 0 amide bonds. The van der Waals surface area contributed by atoms with Gasteiger partial charge in [0, 0.05) is 10.0 Å². The summed E-state index contributed by atoms with van der Waals surface area (Å²) in [6.07, 6.45) is 3.52. The molecule has 0 aromatic heterocycles. The predicted octanol–water partition coefficient (Wildman–Crippen LogP) is 3.45. The van der Waals surface area contributed by atoms with Crippen molar-refractivity contribution in [3.8, 4) is 0 Å². The Balaban J connectivity index is 2.01.